The fourth-order valence-electron chi connectivity index (χ4n) is 2.90. The van der Waals surface area contributed by atoms with Gasteiger partial charge in [0, 0.05) is 41.7 Å². The Morgan fingerprint density at radius 1 is 1.11 bits per heavy atom. The molecule has 4 N–H and O–H groups in total. The number of rotatable bonds is 6. The Hall–Kier alpha value is -3.61. The van der Waals surface area contributed by atoms with Gasteiger partial charge in [-0.1, -0.05) is 24.3 Å². The molecule has 0 aliphatic carbocycles. The van der Waals surface area contributed by atoms with Gasteiger partial charge < -0.3 is 20.7 Å². The molecule has 0 bridgehead atoms. The smallest absolute Gasteiger partial charge is 0.326 e. The number of carbonyl (C=O) groups excluding carboxylic acids is 2. The van der Waals surface area contributed by atoms with Crippen molar-refractivity contribution < 1.29 is 19.5 Å². The highest BCUT2D eigenvalue weighted by Gasteiger charge is 2.22. The lowest BCUT2D eigenvalue weighted by Crippen LogP contribution is -2.42. The minimum Gasteiger partial charge on any atom is -0.480 e. The Morgan fingerprint density at radius 2 is 1.89 bits per heavy atom. The molecule has 0 radical (unpaired) electrons. The fourth-order valence-corrected chi connectivity index (χ4v) is 2.90. The van der Waals surface area contributed by atoms with Crippen LogP contribution in [0.1, 0.15) is 22.8 Å². The zero-order chi connectivity index (χ0) is 19.4. The molecular weight excluding hydrogens is 346 g/mol. The maximum Gasteiger partial charge on any atom is 0.326 e. The molecule has 1 aromatic heterocycles. The number of hydrogen-bond donors (Lipinski definition) is 4. The van der Waals surface area contributed by atoms with E-state index in [2.05, 4.69) is 15.6 Å². The highest BCUT2D eigenvalue weighted by atomic mass is 16.4. The number of benzene rings is 2. The van der Waals surface area contributed by atoms with Crippen LogP contribution in [0.5, 0.6) is 0 Å². The van der Waals surface area contributed by atoms with Crippen LogP contribution in [-0.2, 0) is 16.0 Å². The molecule has 0 aliphatic heterocycles. The average molecular weight is 365 g/mol. The summed E-state index contributed by atoms with van der Waals surface area (Å²) in [6.45, 7) is 1.37. The molecule has 1 heterocycles. The summed E-state index contributed by atoms with van der Waals surface area (Å²) in [6, 6.07) is 12.8. The number of aromatic nitrogens is 1. The average Bonchev–Trinajstić information content (AvgIpc) is 3.04. The largest absolute Gasteiger partial charge is 0.480 e. The first-order chi connectivity index (χ1) is 12.9. The zero-order valence-electron chi connectivity index (χ0n) is 14.7. The van der Waals surface area contributed by atoms with Crippen LogP contribution < -0.4 is 10.6 Å². The number of carbonyl (C=O) groups is 3. The van der Waals surface area contributed by atoms with E-state index in [0.717, 1.165) is 16.5 Å². The second-order valence-corrected chi connectivity index (χ2v) is 6.19. The van der Waals surface area contributed by atoms with E-state index in [9.17, 15) is 19.5 Å². The summed E-state index contributed by atoms with van der Waals surface area (Å²) in [5, 5.41) is 15.6. The van der Waals surface area contributed by atoms with Crippen LogP contribution in [0.15, 0.2) is 54.7 Å². The van der Waals surface area contributed by atoms with Gasteiger partial charge >= 0.3 is 5.97 Å². The van der Waals surface area contributed by atoms with Crippen molar-refractivity contribution >= 4 is 34.4 Å². The third kappa shape index (κ3) is 4.33. The lowest BCUT2D eigenvalue weighted by Gasteiger charge is -2.15. The highest BCUT2D eigenvalue weighted by Crippen LogP contribution is 2.19. The van der Waals surface area contributed by atoms with Crippen molar-refractivity contribution in [2.24, 2.45) is 0 Å². The van der Waals surface area contributed by atoms with Crippen LogP contribution in [0.3, 0.4) is 0 Å². The summed E-state index contributed by atoms with van der Waals surface area (Å²) in [5.74, 6) is -1.89. The third-order valence-electron chi connectivity index (χ3n) is 4.15. The van der Waals surface area contributed by atoms with Crippen molar-refractivity contribution in [2.75, 3.05) is 5.32 Å². The van der Waals surface area contributed by atoms with Crippen molar-refractivity contribution in [1.82, 2.24) is 10.3 Å². The molecule has 7 heteroatoms. The van der Waals surface area contributed by atoms with E-state index in [1.54, 1.807) is 24.4 Å². The van der Waals surface area contributed by atoms with Crippen LogP contribution in [-0.4, -0.2) is 33.9 Å². The van der Waals surface area contributed by atoms with Crippen LogP contribution in [0.2, 0.25) is 0 Å². The number of hydrogen-bond acceptors (Lipinski definition) is 3. The van der Waals surface area contributed by atoms with E-state index in [1.165, 1.54) is 13.0 Å². The highest BCUT2D eigenvalue weighted by molar-refractivity contribution is 5.98. The molecule has 27 heavy (non-hydrogen) atoms. The number of carboxylic acids is 1. The number of aliphatic carboxylic acids is 1. The maximum absolute atomic E-state index is 12.5. The van der Waals surface area contributed by atoms with Gasteiger partial charge in [0.05, 0.1) is 0 Å². The summed E-state index contributed by atoms with van der Waals surface area (Å²) in [6.07, 6.45) is 1.90. The minimum absolute atomic E-state index is 0.149. The van der Waals surface area contributed by atoms with Gasteiger partial charge in [-0.25, -0.2) is 4.79 Å². The van der Waals surface area contributed by atoms with Crippen LogP contribution in [0.4, 0.5) is 5.69 Å². The van der Waals surface area contributed by atoms with E-state index < -0.39 is 17.9 Å². The Labute approximate surface area is 155 Å². The Morgan fingerprint density at radius 3 is 2.63 bits per heavy atom. The molecular formula is C20H19N3O4. The first-order valence-electron chi connectivity index (χ1n) is 8.40. The molecule has 0 fully saturated rings. The summed E-state index contributed by atoms with van der Waals surface area (Å²) in [5.41, 5.74) is 2.46. The molecule has 2 aromatic carbocycles. The van der Waals surface area contributed by atoms with E-state index in [-0.39, 0.29) is 17.9 Å². The zero-order valence-corrected chi connectivity index (χ0v) is 14.7. The van der Waals surface area contributed by atoms with E-state index in [1.807, 2.05) is 24.3 Å². The number of amides is 2. The summed E-state index contributed by atoms with van der Waals surface area (Å²) in [7, 11) is 0. The van der Waals surface area contributed by atoms with E-state index in [4.69, 9.17) is 0 Å². The van der Waals surface area contributed by atoms with Gasteiger partial charge in [0.15, 0.2) is 0 Å². The standard InChI is InChI=1S/C20H19N3O4/c1-12(24)22-15-6-4-5-13(9-15)19(25)23-18(20(26)27)10-14-11-21-17-8-3-2-7-16(14)17/h2-9,11,18,21H,10H2,1H3,(H,22,24)(H,23,25)(H,26,27)/t18-/m0/s1. The first kappa shape index (κ1) is 18.2. The lowest BCUT2D eigenvalue weighted by atomic mass is 10.0. The quantitative estimate of drug-likeness (QED) is 0.538. The fraction of sp³-hybridized carbons (Fsp3) is 0.150. The SMILES string of the molecule is CC(=O)Nc1cccc(C(=O)N[C@@H](Cc2c[nH]c3ccccc23)C(=O)O)c1. The third-order valence-corrected chi connectivity index (χ3v) is 4.15. The van der Waals surface area contributed by atoms with Gasteiger partial charge in [-0.05, 0) is 29.8 Å². The molecule has 3 aromatic rings. The summed E-state index contributed by atoms with van der Waals surface area (Å²) < 4.78 is 0. The monoisotopic (exact) mass is 365 g/mol. The van der Waals surface area contributed by atoms with Crippen molar-refractivity contribution in [3.8, 4) is 0 Å². The Balaban J connectivity index is 1.77. The van der Waals surface area contributed by atoms with Crippen molar-refractivity contribution in [2.45, 2.75) is 19.4 Å². The molecule has 1 atom stereocenters. The van der Waals surface area contributed by atoms with E-state index >= 15 is 0 Å². The molecule has 0 unspecified atom stereocenters. The number of carboxylic acid groups (broad SMARTS) is 1. The van der Waals surface area contributed by atoms with Crippen molar-refractivity contribution in [1.29, 1.82) is 0 Å². The molecule has 2 amide bonds. The topological polar surface area (TPSA) is 111 Å². The lowest BCUT2D eigenvalue weighted by molar-refractivity contribution is -0.139. The first-order valence-corrected chi connectivity index (χ1v) is 8.40. The predicted molar refractivity (Wildman–Crippen MR) is 102 cm³/mol. The van der Waals surface area contributed by atoms with Gasteiger partial charge in [-0.2, -0.15) is 0 Å². The van der Waals surface area contributed by atoms with Crippen molar-refractivity contribution in [3.63, 3.8) is 0 Å². The van der Waals surface area contributed by atoms with Gasteiger partial charge in [0.25, 0.3) is 5.91 Å². The molecule has 0 aliphatic rings. The van der Waals surface area contributed by atoms with Gasteiger partial charge in [-0.15, -0.1) is 0 Å². The predicted octanol–water partition coefficient (Wildman–Crippen LogP) is 2.55. The van der Waals surface area contributed by atoms with Crippen LogP contribution in [0.25, 0.3) is 10.9 Å². The van der Waals surface area contributed by atoms with Crippen LogP contribution in [0, 0.1) is 0 Å². The number of para-hydroxylation sites is 1. The molecule has 138 valence electrons. The van der Waals surface area contributed by atoms with Gasteiger partial charge in [0.1, 0.15) is 6.04 Å². The number of fused-ring (bicyclic) bond motifs is 1. The van der Waals surface area contributed by atoms with Gasteiger partial charge in [-0.3, -0.25) is 9.59 Å². The summed E-state index contributed by atoms with van der Waals surface area (Å²) in [4.78, 5) is 38.4. The summed E-state index contributed by atoms with van der Waals surface area (Å²) >= 11 is 0. The molecule has 3 rings (SSSR count). The second-order valence-electron chi connectivity index (χ2n) is 6.19. The Bertz CT molecular complexity index is 1010. The number of H-pyrrole nitrogens is 1. The molecule has 7 nitrogen and oxygen atoms in total. The molecule has 0 saturated heterocycles. The minimum atomic E-state index is -1.12. The molecule has 0 spiro atoms. The normalized spacial score (nSPS) is 11.7. The number of aromatic amines is 1. The molecule has 0 saturated carbocycles. The maximum atomic E-state index is 12.5. The number of nitrogens with one attached hydrogen (secondary N) is 3. The van der Waals surface area contributed by atoms with Crippen molar-refractivity contribution in [3.05, 3.63) is 65.9 Å². The second kappa shape index (κ2) is 7.74. The number of anilines is 1. The Kier molecular flexibility index (Phi) is 5.21. The van der Waals surface area contributed by atoms with E-state index in [0.29, 0.717) is 5.69 Å². The van der Waals surface area contributed by atoms with Gasteiger partial charge in [0.2, 0.25) is 5.91 Å². The van der Waals surface area contributed by atoms with Crippen LogP contribution >= 0.6 is 0 Å².